The van der Waals surface area contributed by atoms with Crippen LogP contribution >= 0.6 is 0 Å². The van der Waals surface area contributed by atoms with Crippen LogP contribution in [0.15, 0.2) is 24.4 Å². The van der Waals surface area contributed by atoms with Gasteiger partial charge in [0.25, 0.3) is 0 Å². The monoisotopic (exact) mass is 329 g/mol. The highest BCUT2D eigenvalue weighted by molar-refractivity contribution is 5.83. The number of carbonyl (C=O) groups is 1. The standard InChI is InChI=1S/C18H23N3O3/c22-17(16-13-9-23-10-14(13)16)21-6-4-18(11-21)7-12(8-24-18)20-15-3-1-2-5-19-15/h1-3,5,12-14,16H,4,6-11H2,(H,19,20)/t12?,13-,14+,16?,18?. The molecule has 4 fully saturated rings. The van der Waals surface area contributed by atoms with E-state index in [0.717, 1.165) is 45.0 Å². The summed E-state index contributed by atoms with van der Waals surface area (Å²) in [5.41, 5.74) is -0.164. The summed E-state index contributed by atoms with van der Waals surface area (Å²) >= 11 is 0. The van der Waals surface area contributed by atoms with Crippen LogP contribution in [0.4, 0.5) is 5.82 Å². The molecule has 24 heavy (non-hydrogen) atoms. The first kappa shape index (κ1) is 14.7. The largest absolute Gasteiger partial charge is 0.381 e. The fourth-order valence-electron chi connectivity index (χ4n) is 4.73. The van der Waals surface area contributed by atoms with Crippen LogP contribution in [-0.2, 0) is 14.3 Å². The van der Waals surface area contributed by atoms with Crippen LogP contribution in [0.3, 0.4) is 0 Å². The lowest BCUT2D eigenvalue weighted by atomic mass is 9.97. The normalized spacial score (nSPS) is 40.1. The quantitative estimate of drug-likeness (QED) is 0.901. The van der Waals surface area contributed by atoms with Gasteiger partial charge in [-0.1, -0.05) is 6.07 Å². The van der Waals surface area contributed by atoms with Crippen molar-refractivity contribution in [2.24, 2.45) is 17.8 Å². The summed E-state index contributed by atoms with van der Waals surface area (Å²) in [6.45, 7) is 3.79. The summed E-state index contributed by atoms with van der Waals surface area (Å²) in [6.07, 6.45) is 3.67. The molecule has 1 aromatic rings. The van der Waals surface area contributed by atoms with Crippen LogP contribution in [0.5, 0.6) is 0 Å². The molecule has 128 valence electrons. The molecule has 3 unspecified atom stereocenters. The van der Waals surface area contributed by atoms with Crippen LogP contribution in [0.25, 0.3) is 0 Å². The van der Waals surface area contributed by atoms with E-state index in [2.05, 4.69) is 10.3 Å². The van der Waals surface area contributed by atoms with Gasteiger partial charge in [0.2, 0.25) is 5.91 Å². The molecular weight excluding hydrogens is 306 g/mol. The van der Waals surface area contributed by atoms with Crippen molar-refractivity contribution < 1.29 is 14.3 Å². The lowest BCUT2D eigenvalue weighted by Gasteiger charge is -2.24. The molecular formula is C18H23N3O3. The maximum atomic E-state index is 12.7. The second-order valence-electron chi connectivity index (χ2n) is 7.66. The molecule has 0 bridgehead atoms. The Morgan fingerprint density at radius 3 is 2.96 bits per heavy atom. The molecule has 6 heteroatoms. The maximum Gasteiger partial charge on any atom is 0.226 e. The topological polar surface area (TPSA) is 63.7 Å². The van der Waals surface area contributed by atoms with Gasteiger partial charge in [0.15, 0.2) is 0 Å². The Balaban J connectivity index is 1.19. The van der Waals surface area contributed by atoms with Crippen molar-refractivity contribution in [2.45, 2.75) is 24.5 Å². The Kier molecular flexibility index (Phi) is 3.31. The lowest BCUT2D eigenvalue weighted by molar-refractivity contribution is -0.134. The Hall–Kier alpha value is -1.66. The number of ether oxygens (including phenoxy) is 2. The number of nitrogens with one attached hydrogen (secondary N) is 1. The summed E-state index contributed by atoms with van der Waals surface area (Å²) in [5.74, 6) is 2.40. The molecule has 5 rings (SSSR count). The van der Waals surface area contributed by atoms with E-state index in [0.29, 0.717) is 24.3 Å². The summed E-state index contributed by atoms with van der Waals surface area (Å²) in [7, 11) is 0. The predicted octanol–water partition coefficient (Wildman–Crippen LogP) is 1.15. The van der Waals surface area contributed by atoms with Gasteiger partial charge in [0.05, 0.1) is 31.5 Å². The summed E-state index contributed by atoms with van der Waals surface area (Å²) < 4.78 is 11.6. The van der Waals surface area contributed by atoms with Crippen molar-refractivity contribution >= 4 is 11.7 Å². The van der Waals surface area contributed by atoms with Gasteiger partial charge in [-0.05, 0) is 30.4 Å². The van der Waals surface area contributed by atoms with Gasteiger partial charge in [-0.3, -0.25) is 4.79 Å². The van der Waals surface area contributed by atoms with E-state index >= 15 is 0 Å². The first-order valence-corrected chi connectivity index (χ1v) is 8.92. The number of carbonyl (C=O) groups excluding carboxylic acids is 1. The van der Waals surface area contributed by atoms with Crippen LogP contribution in [0.1, 0.15) is 12.8 Å². The Bertz CT molecular complexity index is 630. The zero-order chi connectivity index (χ0) is 16.1. The molecule has 3 saturated heterocycles. The fourth-order valence-corrected chi connectivity index (χ4v) is 4.73. The Labute approximate surface area is 141 Å². The second-order valence-corrected chi connectivity index (χ2v) is 7.66. The van der Waals surface area contributed by atoms with Crippen molar-refractivity contribution in [1.82, 2.24) is 9.88 Å². The minimum atomic E-state index is -0.164. The van der Waals surface area contributed by atoms with Crippen LogP contribution in [-0.4, -0.2) is 60.3 Å². The molecule has 5 atom stereocenters. The first-order valence-electron chi connectivity index (χ1n) is 8.92. The van der Waals surface area contributed by atoms with E-state index in [1.807, 2.05) is 23.1 Å². The minimum absolute atomic E-state index is 0.164. The van der Waals surface area contributed by atoms with Gasteiger partial charge in [-0.25, -0.2) is 4.98 Å². The number of likely N-dealkylation sites (tertiary alicyclic amines) is 1. The van der Waals surface area contributed by atoms with Crippen molar-refractivity contribution in [3.63, 3.8) is 0 Å². The number of pyridine rings is 1. The van der Waals surface area contributed by atoms with Gasteiger partial charge in [0, 0.05) is 31.6 Å². The fraction of sp³-hybridized carbons (Fsp3) is 0.667. The van der Waals surface area contributed by atoms with Gasteiger partial charge >= 0.3 is 0 Å². The van der Waals surface area contributed by atoms with Crippen molar-refractivity contribution in [2.75, 3.05) is 38.2 Å². The molecule has 0 aromatic carbocycles. The zero-order valence-electron chi connectivity index (χ0n) is 13.7. The molecule has 1 N–H and O–H groups in total. The third kappa shape index (κ3) is 2.40. The Morgan fingerprint density at radius 2 is 2.17 bits per heavy atom. The first-order chi connectivity index (χ1) is 11.7. The van der Waals surface area contributed by atoms with E-state index in [1.165, 1.54) is 0 Å². The van der Waals surface area contributed by atoms with Crippen molar-refractivity contribution in [1.29, 1.82) is 0 Å². The predicted molar refractivity (Wildman–Crippen MR) is 87.4 cm³/mol. The highest BCUT2D eigenvalue weighted by Gasteiger charge is 2.60. The molecule has 0 radical (unpaired) electrons. The highest BCUT2D eigenvalue weighted by Crippen LogP contribution is 2.52. The van der Waals surface area contributed by atoms with Gasteiger partial charge < -0.3 is 19.7 Å². The number of nitrogens with zero attached hydrogens (tertiary/aromatic N) is 2. The SMILES string of the molecule is O=C(C1[C@H]2COC[C@@H]12)N1CCC2(CC(Nc3ccccn3)CO2)C1. The van der Waals surface area contributed by atoms with E-state index in [1.54, 1.807) is 6.20 Å². The third-order valence-corrected chi connectivity index (χ3v) is 6.09. The smallest absolute Gasteiger partial charge is 0.226 e. The molecule has 1 aromatic heterocycles. The van der Waals surface area contributed by atoms with E-state index in [9.17, 15) is 4.79 Å². The molecule has 6 nitrogen and oxygen atoms in total. The molecule has 3 aliphatic heterocycles. The molecule has 1 saturated carbocycles. The number of amides is 1. The van der Waals surface area contributed by atoms with Crippen LogP contribution in [0.2, 0.25) is 0 Å². The molecule has 1 amide bonds. The summed E-state index contributed by atoms with van der Waals surface area (Å²) in [6, 6.07) is 6.14. The third-order valence-electron chi connectivity index (χ3n) is 6.09. The summed E-state index contributed by atoms with van der Waals surface area (Å²) in [5, 5.41) is 3.45. The number of rotatable bonds is 3. The zero-order valence-corrected chi connectivity index (χ0v) is 13.7. The van der Waals surface area contributed by atoms with Crippen molar-refractivity contribution in [3.8, 4) is 0 Å². The van der Waals surface area contributed by atoms with Crippen LogP contribution < -0.4 is 5.32 Å². The number of hydrogen-bond donors (Lipinski definition) is 1. The highest BCUT2D eigenvalue weighted by atomic mass is 16.5. The molecule has 1 aliphatic carbocycles. The second kappa shape index (κ2) is 5.43. The summed E-state index contributed by atoms with van der Waals surface area (Å²) in [4.78, 5) is 19.1. The van der Waals surface area contributed by atoms with Crippen LogP contribution in [0, 0.1) is 17.8 Å². The van der Waals surface area contributed by atoms with E-state index in [4.69, 9.17) is 9.47 Å². The molecule has 1 spiro atoms. The number of hydrogen-bond acceptors (Lipinski definition) is 5. The molecule has 4 heterocycles. The minimum Gasteiger partial charge on any atom is -0.381 e. The average molecular weight is 329 g/mol. The number of aromatic nitrogens is 1. The van der Waals surface area contributed by atoms with Gasteiger partial charge in [0.1, 0.15) is 5.82 Å². The molecule has 4 aliphatic rings. The number of fused-ring (bicyclic) bond motifs is 1. The van der Waals surface area contributed by atoms with E-state index in [-0.39, 0.29) is 17.6 Å². The number of anilines is 1. The van der Waals surface area contributed by atoms with Gasteiger partial charge in [-0.15, -0.1) is 0 Å². The maximum absolute atomic E-state index is 12.7. The average Bonchev–Trinajstić information content (AvgIpc) is 3.02. The van der Waals surface area contributed by atoms with Gasteiger partial charge in [-0.2, -0.15) is 0 Å². The Morgan fingerprint density at radius 1 is 1.29 bits per heavy atom. The van der Waals surface area contributed by atoms with Crippen molar-refractivity contribution in [3.05, 3.63) is 24.4 Å². The lowest BCUT2D eigenvalue weighted by Crippen LogP contribution is -2.37. The van der Waals surface area contributed by atoms with E-state index < -0.39 is 0 Å².